The van der Waals surface area contributed by atoms with Gasteiger partial charge in [-0.3, -0.25) is 9.59 Å². The van der Waals surface area contributed by atoms with E-state index in [1.807, 2.05) is 19.9 Å². The van der Waals surface area contributed by atoms with E-state index in [2.05, 4.69) is 11.4 Å². The number of hydrogen-bond acceptors (Lipinski definition) is 7. The number of aromatic nitrogens is 2. The molecule has 4 bridgehead atoms. The van der Waals surface area contributed by atoms with E-state index in [9.17, 15) is 19.5 Å². The summed E-state index contributed by atoms with van der Waals surface area (Å²) in [5, 5.41) is 27.6. The van der Waals surface area contributed by atoms with E-state index in [0.717, 1.165) is 37.7 Å². The third-order valence-corrected chi connectivity index (χ3v) is 10.8. The van der Waals surface area contributed by atoms with Gasteiger partial charge in [-0.25, -0.2) is 9.48 Å². The fraction of sp³-hybridized carbons (Fsp3) is 0.486. The van der Waals surface area contributed by atoms with E-state index in [4.69, 9.17) is 19.8 Å². The van der Waals surface area contributed by atoms with Crippen LogP contribution in [0.1, 0.15) is 84.7 Å². The lowest BCUT2D eigenvalue weighted by Crippen LogP contribution is -2.70. The zero-order valence-electron chi connectivity index (χ0n) is 28.2. The molecule has 11 heteroatoms. The third kappa shape index (κ3) is 5.57. The molecule has 4 saturated carbocycles. The van der Waals surface area contributed by atoms with Crippen molar-refractivity contribution >= 4 is 17.8 Å². The van der Waals surface area contributed by atoms with Crippen LogP contribution in [-0.2, 0) is 4.79 Å². The van der Waals surface area contributed by atoms with Gasteiger partial charge in [0.2, 0.25) is 0 Å². The first-order chi connectivity index (χ1) is 23.0. The Bertz CT molecular complexity index is 1740. The second kappa shape index (κ2) is 13.0. The number of carboxylic acid groups (broad SMARTS) is 1. The Morgan fingerprint density at radius 2 is 1.67 bits per heavy atom. The van der Waals surface area contributed by atoms with Crippen molar-refractivity contribution in [2.75, 3.05) is 27.8 Å². The number of ether oxygens (including phenoxy) is 2. The van der Waals surface area contributed by atoms with Crippen LogP contribution >= 0.6 is 0 Å². The van der Waals surface area contributed by atoms with Gasteiger partial charge in [-0.2, -0.15) is 10.4 Å². The van der Waals surface area contributed by atoms with Crippen LogP contribution in [0.15, 0.2) is 42.5 Å². The molecule has 0 unspecified atom stereocenters. The summed E-state index contributed by atoms with van der Waals surface area (Å²) in [5.41, 5.74) is 1.74. The van der Waals surface area contributed by atoms with Crippen molar-refractivity contribution in [1.82, 2.24) is 20.0 Å². The Kier molecular flexibility index (Phi) is 8.94. The molecule has 2 aromatic carbocycles. The number of hydrogen-bond donors (Lipinski definition) is 2. The van der Waals surface area contributed by atoms with Gasteiger partial charge < -0.3 is 24.8 Å². The van der Waals surface area contributed by atoms with Gasteiger partial charge in [-0.1, -0.05) is 19.9 Å². The topological polar surface area (TPSA) is 147 Å². The molecule has 1 aromatic heterocycles. The van der Waals surface area contributed by atoms with Gasteiger partial charge in [-0.15, -0.1) is 0 Å². The van der Waals surface area contributed by atoms with Crippen LogP contribution in [0.2, 0.25) is 0 Å². The molecule has 0 aliphatic heterocycles. The minimum Gasteiger partial charge on any atom is -0.496 e. The highest BCUT2D eigenvalue weighted by molar-refractivity contribution is 5.98. The predicted molar refractivity (Wildman–Crippen MR) is 178 cm³/mol. The first-order valence-electron chi connectivity index (χ1n) is 16.7. The molecule has 4 aliphatic rings. The minimum atomic E-state index is -1.33. The molecule has 1 heterocycles. The van der Waals surface area contributed by atoms with Gasteiger partial charge in [0.15, 0.2) is 5.69 Å². The number of methoxy groups -OCH3 is 2. The summed E-state index contributed by atoms with van der Waals surface area (Å²) in [7, 11) is 4.78. The predicted octanol–water partition coefficient (Wildman–Crippen LogP) is 5.67. The van der Waals surface area contributed by atoms with Crippen molar-refractivity contribution < 1.29 is 29.0 Å². The number of benzene rings is 2. The molecule has 0 spiro atoms. The van der Waals surface area contributed by atoms with Gasteiger partial charge in [-0.05, 0) is 104 Å². The Morgan fingerprint density at radius 1 is 1.04 bits per heavy atom. The molecule has 4 aliphatic carbocycles. The smallest absolute Gasteiger partial charge is 0.330 e. The molecule has 0 saturated heterocycles. The molecular formula is C37H43N5O6. The number of carbonyl (C=O) groups is 3. The summed E-state index contributed by atoms with van der Waals surface area (Å²) in [4.78, 5) is 42.1. The first kappa shape index (κ1) is 33.1. The SMILES string of the molecule is COc1cccc(OC)c1-c1cc(C(=O)NC2(C(=O)O)C3CC4CC(C3)CC2C4)nn1-c1ccc(C(=O)N(C)CCC#N)cc1C(C)C. The summed E-state index contributed by atoms with van der Waals surface area (Å²) in [6.07, 6.45) is 4.63. The summed E-state index contributed by atoms with van der Waals surface area (Å²) in [5.74, 6) is 0.0469. The van der Waals surface area contributed by atoms with Gasteiger partial charge in [0.05, 0.1) is 43.7 Å². The molecular weight excluding hydrogens is 610 g/mol. The highest BCUT2D eigenvalue weighted by Crippen LogP contribution is 2.58. The average molecular weight is 654 g/mol. The largest absolute Gasteiger partial charge is 0.496 e. The van der Waals surface area contributed by atoms with Crippen molar-refractivity contribution in [3.8, 4) is 34.5 Å². The van der Waals surface area contributed by atoms with Crippen molar-refractivity contribution in [1.29, 1.82) is 5.26 Å². The van der Waals surface area contributed by atoms with Crippen LogP contribution in [0.4, 0.5) is 0 Å². The normalized spacial score (nSPS) is 23.9. The van der Waals surface area contributed by atoms with E-state index in [1.165, 1.54) is 4.90 Å². The second-order valence-corrected chi connectivity index (χ2v) is 13.9. The molecule has 11 nitrogen and oxygen atoms in total. The molecule has 252 valence electrons. The third-order valence-electron chi connectivity index (χ3n) is 10.8. The minimum absolute atomic E-state index is 0.0469. The summed E-state index contributed by atoms with van der Waals surface area (Å²) in [6.45, 7) is 4.33. The highest BCUT2D eigenvalue weighted by Gasteiger charge is 2.62. The molecule has 4 fully saturated rings. The Morgan fingerprint density at radius 3 is 2.21 bits per heavy atom. The monoisotopic (exact) mass is 653 g/mol. The van der Waals surface area contributed by atoms with E-state index in [-0.39, 0.29) is 35.8 Å². The lowest BCUT2D eigenvalue weighted by molar-refractivity contribution is -0.163. The van der Waals surface area contributed by atoms with E-state index in [1.54, 1.807) is 62.3 Å². The maximum Gasteiger partial charge on any atom is 0.330 e. The van der Waals surface area contributed by atoms with Gasteiger partial charge in [0.25, 0.3) is 11.8 Å². The molecule has 3 aromatic rings. The maximum absolute atomic E-state index is 14.2. The lowest BCUT2D eigenvalue weighted by atomic mass is 9.48. The van der Waals surface area contributed by atoms with Crippen LogP contribution in [0.5, 0.6) is 11.5 Å². The van der Waals surface area contributed by atoms with Gasteiger partial charge in [0.1, 0.15) is 17.0 Å². The Hall–Kier alpha value is -4.85. The van der Waals surface area contributed by atoms with E-state index >= 15 is 0 Å². The number of amides is 2. The quantitative estimate of drug-likeness (QED) is 0.269. The van der Waals surface area contributed by atoms with Crippen LogP contribution in [0.25, 0.3) is 16.9 Å². The molecule has 0 radical (unpaired) electrons. The maximum atomic E-state index is 14.2. The highest BCUT2D eigenvalue weighted by atomic mass is 16.5. The Labute approximate surface area is 280 Å². The van der Waals surface area contributed by atoms with Crippen LogP contribution in [0.3, 0.4) is 0 Å². The zero-order valence-corrected chi connectivity index (χ0v) is 28.2. The number of rotatable bonds is 11. The molecule has 0 atom stereocenters. The lowest BCUT2D eigenvalue weighted by Gasteiger charge is -2.59. The van der Waals surface area contributed by atoms with Crippen molar-refractivity contribution in [3.05, 3.63) is 59.3 Å². The standard InChI is InChI=1S/C37H43N5O6/c1-21(2)27-19-24(35(44)41(3)13-7-12-38)10-11-29(27)42-30(33-31(47-4)8-6-9-32(33)48-5)20-28(40-42)34(43)39-37(36(45)46)25-15-22-14-23(17-25)18-26(37)16-22/h6,8-11,19-23,25-26H,7,13-18H2,1-5H3,(H,39,43)(H,45,46). The molecule has 2 N–H and O–H groups in total. The molecule has 7 rings (SSSR count). The number of nitrogens with zero attached hydrogens (tertiary/aromatic N) is 4. The summed E-state index contributed by atoms with van der Waals surface area (Å²) < 4.78 is 13.2. The van der Waals surface area contributed by atoms with Crippen LogP contribution in [0, 0.1) is 35.0 Å². The number of nitrogens with one attached hydrogen (secondary N) is 1. The van der Waals surface area contributed by atoms with Gasteiger partial charge >= 0.3 is 5.97 Å². The van der Waals surface area contributed by atoms with Crippen molar-refractivity contribution in [2.24, 2.45) is 23.7 Å². The van der Waals surface area contributed by atoms with E-state index < -0.39 is 17.4 Å². The fourth-order valence-electron chi connectivity index (χ4n) is 8.63. The van der Waals surface area contributed by atoms with E-state index in [0.29, 0.717) is 52.4 Å². The second-order valence-electron chi connectivity index (χ2n) is 13.9. The van der Waals surface area contributed by atoms with Crippen LogP contribution in [-0.4, -0.2) is 70.9 Å². The molecule has 2 amide bonds. The Balaban J connectivity index is 1.47. The van der Waals surface area contributed by atoms with Gasteiger partial charge in [0, 0.05) is 19.2 Å². The van der Waals surface area contributed by atoms with Crippen LogP contribution < -0.4 is 14.8 Å². The summed E-state index contributed by atoms with van der Waals surface area (Å²) in [6, 6.07) is 14.5. The number of carbonyl (C=O) groups excluding carboxylic acids is 2. The van der Waals surface area contributed by atoms with Crippen molar-refractivity contribution in [2.45, 2.75) is 63.8 Å². The first-order valence-corrected chi connectivity index (χ1v) is 16.7. The number of aliphatic carboxylic acids is 1. The number of carboxylic acids is 1. The van der Waals surface area contributed by atoms with Crippen molar-refractivity contribution in [3.63, 3.8) is 0 Å². The average Bonchev–Trinajstić information content (AvgIpc) is 3.52. The number of nitriles is 1. The zero-order chi connectivity index (χ0) is 34.3. The molecule has 48 heavy (non-hydrogen) atoms. The fourth-order valence-corrected chi connectivity index (χ4v) is 8.63. The summed E-state index contributed by atoms with van der Waals surface area (Å²) >= 11 is 0.